The molecule has 0 bridgehead atoms. The predicted octanol–water partition coefficient (Wildman–Crippen LogP) is 3.21. The molecule has 0 unspecified atom stereocenters. The van der Waals surface area contributed by atoms with E-state index in [-0.39, 0.29) is 11.8 Å². The summed E-state index contributed by atoms with van der Waals surface area (Å²) in [4.78, 5) is 27.6. The van der Waals surface area contributed by atoms with Gasteiger partial charge in [-0.2, -0.15) is 0 Å². The third-order valence-electron chi connectivity index (χ3n) is 4.92. The average molecular weight is 382 g/mol. The molecule has 3 heterocycles. The lowest BCUT2D eigenvalue weighted by Gasteiger charge is -2.32. The second-order valence-electron chi connectivity index (χ2n) is 6.70. The number of piperidine rings is 1. The first-order chi connectivity index (χ1) is 13.2. The smallest absolute Gasteiger partial charge is 0.223 e. The molecule has 1 amide bonds. The van der Waals surface area contributed by atoms with E-state index in [1.807, 2.05) is 36.5 Å². The number of hydrogen-bond donors (Lipinski definition) is 1. The molecule has 6 nitrogen and oxygen atoms in total. The van der Waals surface area contributed by atoms with Crippen molar-refractivity contribution in [3.63, 3.8) is 0 Å². The van der Waals surface area contributed by atoms with Crippen LogP contribution in [0.4, 0.5) is 5.69 Å². The van der Waals surface area contributed by atoms with Crippen LogP contribution < -0.4 is 10.2 Å². The highest BCUT2D eigenvalue weighted by molar-refractivity contribution is 6.30. The van der Waals surface area contributed by atoms with Gasteiger partial charge in [0.2, 0.25) is 5.91 Å². The Kier molecular flexibility index (Phi) is 5.16. The predicted molar refractivity (Wildman–Crippen MR) is 106 cm³/mol. The van der Waals surface area contributed by atoms with Gasteiger partial charge in [0.15, 0.2) is 5.65 Å². The van der Waals surface area contributed by atoms with Crippen molar-refractivity contribution in [2.24, 2.45) is 5.92 Å². The Morgan fingerprint density at radius 3 is 2.63 bits per heavy atom. The van der Waals surface area contributed by atoms with Gasteiger partial charge >= 0.3 is 0 Å². The molecule has 27 heavy (non-hydrogen) atoms. The molecule has 1 aliphatic rings. The fourth-order valence-electron chi connectivity index (χ4n) is 3.36. The van der Waals surface area contributed by atoms with Gasteiger partial charge in [-0.3, -0.25) is 9.78 Å². The van der Waals surface area contributed by atoms with Gasteiger partial charge in [-0.1, -0.05) is 23.7 Å². The zero-order valence-electron chi connectivity index (χ0n) is 14.8. The number of anilines is 1. The van der Waals surface area contributed by atoms with Gasteiger partial charge < -0.3 is 10.2 Å². The molecule has 138 valence electrons. The van der Waals surface area contributed by atoms with Gasteiger partial charge in [0, 0.05) is 43.0 Å². The van der Waals surface area contributed by atoms with E-state index in [2.05, 4.69) is 25.2 Å². The summed E-state index contributed by atoms with van der Waals surface area (Å²) in [5.74, 6) is 0.161. The summed E-state index contributed by atoms with van der Waals surface area (Å²) >= 11 is 5.89. The summed E-state index contributed by atoms with van der Waals surface area (Å²) in [5.41, 5.74) is 3.52. The van der Waals surface area contributed by atoms with Gasteiger partial charge in [-0.25, -0.2) is 9.97 Å². The van der Waals surface area contributed by atoms with Crippen LogP contribution in [0.5, 0.6) is 0 Å². The minimum Gasteiger partial charge on any atom is -0.370 e. The maximum absolute atomic E-state index is 12.5. The van der Waals surface area contributed by atoms with Gasteiger partial charge in [-0.05, 0) is 36.6 Å². The number of hydrogen-bond acceptors (Lipinski definition) is 5. The van der Waals surface area contributed by atoms with Crippen molar-refractivity contribution in [2.45, 2.75) is 19.4 Å². The Balaban J connectivity index is 1.32. The molecule has 1 saturated heterocycles. The highest BCUT2D eigenvalue weighted by atomic mass is 35.5. The lowest BCUT2D eigenvalue weighted by Crippen LogP contribution is -2.40. The number of carbonyl (C=O) groups excluding carboxylic acids is 1. The zero-order valence-corrected chi connectivity index (χ0v) is 15.6. The Morgan fingerprint density at radius 2 is 1.85 bits per heavy atom. The minimum atomic E-state index is 0.0433. The monoisotopic (exact) mass is 381 g/mol. The number of nitrogens with one attached hydrogen (secondary N) is 1. The minimum absolute atomic E-state index is 0.0433. The molecule has 0 atom stereocenters. The molecule has 1 aromatic carbocycles. The Bertz CT molecular complexity index is 939. The van der Waals surface area contributed by atoms with Crippen LogP contribution in [-0.4, -0.2) is 33.9 Å². The highest BCUT2D eigenvalue weighted by Gasteiger charge is 2.25. The van der Waals surface area contributed by atoms with Crippen LogP contribution in [-0.2, 0) is 11.3 Å². The molecule has 3 aromatic rings. The molecule has 0 spiro atoms. The number of amides is 1. The molecule has 1 aliphatic heterocycles. The van der Waals surface area contributed by atoms with Crippen molar-refractivity contribution in [3.05, 3.63) is 59.5 Å². The van der Waals surface area contributed by atoms with E-state index in [1.165, 1.54) is 0 Å². The van der Waals surface area contributed by atoms with E-state index in [9.17, 15) is 4.79 Å². The summed E-state index contributed by atoms with van der Waals surface area (Å²) in [6, 6.07) is 9.55. The van der Waals surface area contributed by atoms with Gasteiger partial charge in [0.1, 0.15) is 5.52 Å². The fourth-order valence-corrected chi connectivity index (χ4v) is 3.48. The second-order valence-corrected chi connectivity index (χ2v) is 7.13. The largest absolute Gasteiger partial charge is 0.370 e. The summed E-state index contributed by atoms with van der Waals surface area (Å²) in [7, 11) is 0. The topological polar surface area (TPSA) is 71.0 Å². The number of pyridine rings is 1. The number of aromatic nitrogens is 3. The van der Waals surface area contributed by atoms with Crippen molar-refractivity contribution >= 4 is 34.4 Å². The van der Waals surface area contributed by atoms with Gasteiger partial charge in [-0.15, -0.1) is 0 Å². The molecule has 4 rings (SSSR count). The molecule has 1 fully saturated rings. The summed E-state index contributed by atoms with van der Waals surface area (Å²) in [6.07, 6.45) is 6.79. The average Bonchev–Trinajstić information content (AvgIpc) is 2.73. The van der Waals surface area contributed by atoms with Crippen LogP contribution in [0.2, 0.25) is 5.02 Å². The van der Waals surface area contributed by atoms with E-state index in [0.29, 0.717) is 17.2 Å². The lowest BCUT2D eigenvalue weighted by molar-refractivity contribution is -0.125. The van der Waals surface area contributed by atoms with E-state index < -0.39 is 0 Å². The number of rotatable bonds is 4. The van der Waals surface area contributed by atoms with Crippen molar-refractivity contribution in [1.29, 1.82) is 0 Å². The molecule has 0 aliphatic carbocycles. The van der Waals surface area contributed by atoms with E-state index in [4.69, 9.17) is 11.6 Å². The SMILES string of the molecule is O=C(NCc1ccc(Cl)cc1)C1CCN(c2cnc3nccnc3c2)CC1. The first kappa shape index (κ1) is 17.7. The van der Waals surface area contributed by atoms with Crippen LogP contribution in [0.15, 0.2) is 48.9 Å². The molecule has 1 N–H and O–H groups in total. The maximum Gasteiger partial charge on any atom is 0.223 e. The molecule has 2 aromatic heterocycles. The second kappa shape index (κ2) is 7.88. The fraction of sp³-hybridized carbons (Fsp3) is 0.300. The quantitative estimate of drug-likeness (QED) is 0.751. The summed E-state index contributed by atoms with van der Waals surface area (Å²) in [6.45, 7) is 2.18. The summed E-state index contributed by atoms with van der Waals surface area (Å²) in [5, 5.41) is 3.74. The number of fused-ring (bicyclic) bond motifs is 1. The van der Waals surface area contributed by atoms with Crippen LogP contribution in [0, 0.1) is 5.92 Å². The highest BCUT2D eigenvalue weighted by Crippen LogP contribution is 2.24. The van der Waals surface area contributed by atoms with Gasteiger partial charge in [0.05, 0.1) is 11.9 Å². The summed E-state index contributed by atoms with van der Waals surface area (Å²) < 4.78 is 0. The molecule has 0 saturated carbocycles. The van der Waals surface area contributed by atoms with E-state index in [1.54, 1.807) is 12.4 Å². The van der Waals surface area contributed by atoms with Crippen molar-refractivity contribution in [3.8, 4) is 0 Å². The molecule has 0 radical (unpaired) electrons. The number of carbonyl (C=O) groups is 1. The molecular formula is C20H20ClN5O. The van der Waals surface area contributed by atoms with Crippen molar-refractivity contribution in [1.82, 2.24) is 20.3 Å². The molecular weight excluding hydrogens is 362 g/mol. The van der Waals surface area contributed by atoms with Crippen molar-refractivity contribution in [2.75, 3.05) is 18.0 Å². The number of nitrogens with zero attached hydrogens (tertiary/aromatic N) is 4. The first-order valence-corrected chi connectivity index (χ1v) is 9.41. The third-order valence-corrected chi connectivity index (χ3v) is 5.17. The third kappa shape index (κ3) is 4.17. The van der Waals surface area contributed by atoms with Crippen LogP contribution in [0.1, 0.15) is 18.4 Å². The Morgan fingerprint density at radius 1 is 1.11 bits per heavy atom. The number of halogens is 1. The lowest BCUT2D eigenvalue weighted by atomic mass is 9.95. The maximum atomic E-state index is 12.5. The van der Waals surface area contributed by atoms with E-state index >= 15 is 0 Å². The normalized spacial score (nSPS) is 15.1. The van der Waals surface area contributed by atoms with Gasteiger partial charge in [0.25, 0.3) is 0 Å². The van der Waals surface area contributed by atoms with Crippen LogP contribution in [0.3, 0.4) is 0 Å². The Hall–Kier alpha value is -2.73. The van der Waals surface area contributed by atoms with Crippen LogP contribution >= 0.6 is 11.6 Å². The molecule has 7 heteroatoms. The first-order valence-electron chi connectivity index (χ1n) is 9.03. The zero-order chi connectivity index (χ0) is 18.6. The van der Waals surface area contributed by atoms with Crippen molar-refractivity contribution < 1.29 is 4.79 Å². The van der Waals surface area contributed by atoms with Crippen LogP contribution in [0.25, 0.3) is 11.2 Å². The number of benzene rings is 1. The standard InChI is InChI=1S/C20H20ClN5O/c21-16-3-1-14(2-4-16)12-25-20(27)15-5-9-26(10-6-15)17-11-18-19(24-13-17)23-8-7-22-18/h1-4,7-8,11,13,15H,5-6,9-10,12H2,(H,25,27). The Labute approximate surface area is 162 Å². The van der Waals surface area contributed by atoms with E-state index in [0.717, 1.165) is 42.7 Å².